The van der Waals surface area contributed by atoms with Crippen LogP contribution < -0.4 is 5.32 Å². The van der Waals surface area contributed by atoms with Crippen LogP contribution in [0.1, 0.15) is 58.0 Å². The van der Waals surface area contributed by atoms with Gasteiger partial charge in [0.2, 0.25) is 0 Å². The molecule has 31 heavy (non-hydrogen) atoms. The predicted octanol–water partition coefficient (Wildman–Crippen LogP) is 4.74. The van der Waals surface area contributed by atoms with Gasteiger partial charge in [0.05, 0.1) is 11.0 Å². The predicted molar refractivity (Wildman–Crippen MR) is 118 cm³/mol. The van der Waals surface area contributed by atoms with Crippen molar-refractivity contribution in [2.45, 2.75) is 64.3 Å². The number of hydrogen-bond donors (Lipinski definition) is 3. The van der Waals surface area contributed by atoms with Crippen molar-refractivity contribution in [3.63, 3.8) is 0 Å². The summed E-state index contributed by atoms with van der Waals surface area (Å²) >= 11 is 0. The molecule has 2 unspecified atom stereocenters. The standard InChI is InChI=1S/C24H32F2N4O/c1-3-30(24(31)23-28-21-10-9-17(25)12-22(21)29-23)19-6-4-5-18(13-19)27-14-16-8-7-15(2)20(26)11-16/h8-12,15,18-19,24,27,31H,3-7,13-14H2,1-2H3,(H,28,29)/t15?,18-,19+,24?/m1/s1. The van der Waals surface area contributed by atoms with E-state index in [2.05, 4.69) is 26.3 Å². The van der Waals surface area contributed by atoms with Gasteiger partial charge in [0, 0.05) is 24.5 Å². The average Bonchev–Trinajstić information content (AvgIpc) is 3.18. The Kier molecular flexibility index (Phi) is 6.84. The third-order valence-corrected chi connectivity index (χ3v) is 6.62. The Morgan fingerprint density at radius 2 is 2.16 bits per heavy atom. The number of halogens is 2. The maximum absolute atomic E-state index is 13.9. The van der Waals surface area contributed by atoms with Crippen molar-refractivity contribution in [1.29, 1.82) is 0 Å². The second-order valence-corrected chi connectivity index (χ2v) is 8.83. The van der Waals surface area contributed by atoms with Crippen LogP contribution in [0.25, 0.3) is 11.0 Å². The van der Waals surface area contributed by atoms with Crippen molar-refractivity contribution < 1.29 is 13.9 Å². The van der Waals surface area contributed by atoms with Crippen LogP contribution >= 0.6 is 0 Å². The number of nitrogens with one attached hydrogen (secondary N) is 2. The number of rotatable bonds is 7. The summed E-state index contributed by atoms with van der Waals surface area (Å²) in [6.45, 7) is 5.29. The van der Waals surface area contributed by atoms with Crippen LogP contribution in [0.5, 0.6) is 0 Å². The molecule has 0 saturated heterocycles. The van der Waals surface area contributed by atoms with Crippen LogP contribution in [0.3, 0.4) is 0 Å². The number of aromatic amines is 1. The molecule has 0 spiro atoms. The zero-order chi connectivity index (χ0) is 22.0. The SMILES string of the molecule is CCN(C(O)c1nc2ccc(F)cc2[nH]1)[C@H]1CCC[C@@H](NCC2=CCC(C)C(F)=C2)C1. The maximum atomic E-state index is 13.9. The van der Waals surface area contributed by atoms with Gasteiger partial charge in [-0.05, 0) is 62.1 Å². The molecule has 2 aromatic rings. The maximum Gasteiger partial charge on any atom is 0.166 e. The van der Waals surface area contributed by atoms with Gasteiger partial charge in [0.15, 0.2) is 12.1 Å². The molecule has 0 bridgehead atoms. The third-order valence-electron chi connectivity index (χ3n) is 6.62. The molecule has 1 fully saturated rings. The number of aliphatic hydroxyl groups excluding tert-OH is 1. The Labute approximate surface area is 182 Å². The van der Waals surface area contributed by atoms with Crippen molar-refractivity contribution in [1.82, 2.24) is 20.2 Å². The Morgan fingerprint density at radius 1 is 1.32 bits per heavy atom. The van der Waals surface area contributed by atoms with E-state index in [0.717, 1.165) is 37.7 Å². The van der Waals surface area contributed by atoms with Gasteiger partial charge >= 0.3 is 0 Å². The molecular weight excluding hydrogens is 398 g/mol. The van der Waals surface area contributed by atoms with E-state index >= 15 is 0 Å². The first-order chi connectivity index (χ1) is 14.9. The molecule has 2 aliphatic rings. The van der Waals surface area contributed by atoms with Gasteiger partial charge in [0.1, 0.15) is 11.6 Å². The van der Waals surface area contributed by atoms with Crippen molar-refractivity contribution in [2.75, 3.05) is 13.1 Å². The highest BCUT2D eigenvalue weighted by Gasteiger charge is 2.31. The van der Waals surface area contributed by atoms with Crippen molar-refractivity contribution in [2.24, 2.45) is 5.92 Å². The fourth-order valence-corrected chi connectivity index (χ4v) is 4.77. The molecule has 0 amide bonds. The molecule has 1 aromatic heterocycles. The second-order valence-electron chi connectivity index (χ2n) is 8.83. The molecule has 2 aliphatic carbocycles. The molecule has 5 nitrogen and oxygen atoms in total. The quantitative estimate of drug-likeness (QED) is 0.556. The summed E-state index contributed by atoms with van der Waals surface area (Å²) in [4.78, 5) is 9.60. The van der Waals surface area contributed by atoms with Gasteiger partial charge in [-0.1, -0.05) is 26.3 Å². The van der Waals surface area contributed by atoms with Crippen molar-refractivity contribution >= 4 is 11.0 Å². The number of imidazole rings is 1. The van der Waals surface area contributed by atoms with Gasteiger partial charge in [-0.15, -0.1) is 0 Å². The Hall–Kier alpha value is -2.09. The Morgan fingerprint density at radius 3 is 2.94 bits per heavy atom. The zero-order valence-corrected chi connectivity index (χ0v) is 18.2. The van der Waals surface area contributed by atoms with E-state index in [4.69, 9.17) is 0 Å². The van der Waals surface area contributed by atoms with E-state index in [-0.39, 0.29) is 23.6 Å². The van der Waals surface area contributed by atoms with Crippen LogP contribution in [0, 0.1) is 11.7 Å². The van der Waals surface area contributed by atoms with E-state index in [0.29, 0.717) is 36.0 Å². The molecule has 1 heterocycles. The molecule has 3 N–H and O–H groups in total. The summed E-state index contributed by atoms with van der Waals surface area (Å²) in [6, 6.07) is 4.92. The summed E-state index contributed by atoms with van der Waals surface area (Å²) in [7, 11) is 0. The van der Waals surface area contributed by atoms with E-state index in [9.17, 15) is 13.9 Å². The molecule has 7 heteroatoms. The van der Waals surface area contributed by atoms with Gasteiger partial charge in [-0.25, -0.2) is 13.8 Å². The first-order valence-corrected chi connectivity index (χ1v) is 11.3. The van der Waals surface area contributed by atoms with Gasteiger partial charge < -0.3 is 15.4 Å². The van der Waals surface area contributed by atoms with Gasteiger partial charge in [0.25, 0.3) is 0 Å². The molecular formula is C24H32F2N4O. The lowest BCUT2D eigenvalue weighted by Gasteiger charge is -2.39. The topological polar surface area (TPSA) is 64.2 Å². The van der Waals surface area contributed by atoms with E-state index in [1.807, 2.05) is 13.8 Å². The lowest BCUT2D eigenvalue weighted by Crippen LogP contribution is -2.46. The lowest BCUT2D eigenvalue weighted by molar-refractivity contribution is -0.0413. The van der Waals surface area contributed by atoms with Crippen LogP contribution in [-0.4, -0.2) is 45.1 Å². The molecule has 4 rings (SSSR count). The molecule has 0 aliphatic heterocycles. The summed E-state index contributed by atoms with van der Waals surface area (Å²) in [5.41, 5.74) is 2.24. The zero-order valence-electron chi connectivity index (χ0n) is 18.2. The highest BCUT2D eigenvalue weighted by Crippen LogP contribution is 2.30. The lowest BCUT2D eigenvalue weighted by atomic mass is 9.89. The largest absolute Gasteiger partial charge is 0.371 e. The number of nitrogens with zero attached hydrogens (tertiary/aromatic N) is 2. The average molecular weight is 431 g/mol. The normalized spacial score (nSPS) is 25.5. The summed E-state index contributed by atoms with van der Waals surface area (Å²) < 4.78 is 27.4. The van der Waals surface area contributed by atoms with Crippen molar-refractivity contribution in [3.05, 3.63) is 53.4 Å². The molecule has 4 atom stereocenters. The Balaban J connectivity index is 1.39. The van der Waals surface area contributed by atoms with E-state index in [1.165, 1.54) is 12.1 Å². The van der Waals surface area contributed by atoms with E-state index in [1.54, 1.807) is 12.1 Å². The number of fused-ring (bicyclic) bond motifs is 1. The minimum Gasteiger partial charge on any atom is -0.371 e. The fourth-order valence-electron chi connectivity index (χ4n) is 4.77. The first-order valence-electron chi connectivity index (χ1n) is 11.3. The van der Waals surface area contributed by atoms with Crippen LogP contribution in [0.15, 0.2) is 41.8 Å². The van der Waals surface area contributed by atoms with Crippen LogP contribution in [0.2, 0.25) is 0 Å². The smallest absolute Gasteiger partial charge is 0.166 e. The van der Waals surface area contributed by atoms with Crippen molar-refractivity contribution in [3.8, 4) is 0 Å². The highest BCUT2D eigenvalue weighted by atomic mass is 19.1. The summed E-state index contributed by atoms with van der Waals surface area (Å²) in [5, 5.41) is 14.6. The fraction of sp³-hybridized carbons (Fsp3) is 0.542. The molecule has 168 valence electrons. The minimum atomic E-state index is -0.871. The first kappa shape index (κ1) is 22.1. The summed E-state index contributed by atoms with van der Waals surface area (Å²) in [6.07, 6.45) is 7.72. The van der Waals surface area contributed by atoms with Crippen LogP contribution in [0.4, 0.5) is 8.78 Å². The monoisotopic (exact) mass is 430 g/mol. The van der Waals surface area contributed by atoms with Gasteiger partial charge in [-0.2, -0.15) is 0 Å². The number of aromatic nitrogens is 2. The highest BCUT2D eigenvalue weighted by molar-refractivity contribution is 5.75. The summed E-state index contributed by atoms with van der Waals surface area (Å²) in [5.74, 6) is 0.0617. The number of aliphatic hydroxyl groups is 1. The van der Waals surface area contributed by atoms with E-state index < -0.39 is 6.23 Å². The minimum absolute atomic E-state index is 0.0165. The van der Waals surface area contributed by atoms with Crippen LogP contribution in [-0.2, 0) is 0 Å². The number of benzene rings is 1. The number of H-pyrrole nitrogens is 1. The molecule has 1 aromatic carbocycles. The second kappa shape index (κ2) is 9.59. The van der Waals surface area contributed by atoms with Gasteiger partial charge in [-0.3, -0.25) is 4.90 Å². The Bertz CT molecular complexity index is 970. The number of hydrogen-bond acceptors (Lipinski definition) is 4. The number of allylic oxidation sites excluding steroid dienone is 2. The third kappa shape index (κ3) is 5.05. The molecule has 0 radical (unpaired) electrons. The molecule has 1 saturated carbocycles.